The summed E-state index contributed by atoms with van der Waals surface area (Å²) >= 11 is 0. The Morgan fingerprint density at radius 1 is 0.909 bits per heavy atom. The highest BCUT2D eigenvalue weighted by Crippen LogP contribution is 2.32. The van der Waals surface area contributed by atoms with Crippen molar-refractivity contribution < 1.29 is 17.9 Å². The number of rotatable bonds is 6. The number of methoxy groups -OCH3 is 2. The van der Waals surface area contributed by atoms with Crippen molar-refractivity contribution in [3.05, 3.63) is 60.7 Å². The molecule has 0 unspecified atom stereocenters. The Kier molecular flexibility index (Phi) is 4.94. The fourth-order valence-electron chi connectivity index (χ4n) is 3.73. The molecule has 10 heteroatoms. The summed E-state index contributed by atoms with van der Waals surface area (Å²) in [4.78, 5) is 7.96. The number of aromatic amines is 2. The Morgan fingerprint density at radius 2 is 1.70 bits per heavy atom. The Morgan fingerprint density at radius 3 is 2.48 bits per heavy atom. The predicted molar refractivity (Wildman–Crippen MR) is 126 cm³/mol. The van der Waals surface area contributed by atoms with Gasteiger partial charge >= 0.3 is 0 Å². The molecule has 9 nitrogen and oxygen atoms in total. The van der Waals surface area contributed by atoms with Crippen LogP contribution in [-0.2, 0) is 10.0 Å². The first kappa shape index (κ1) is 20.8. The lowest BCUT2D eigenvalue weighted by Crippen LogP contribution is -2.27. The van der Waals surface area contributed by atoms with Gasteiger partial charge in [0.25, 0.3) is 10.0 Å². The summed E-state index contributed by atoms with van der Waals surface area (Å²) in [7, 11) is 0.544. The molecule has 0 bridgehead atoms. The third kappa shape index (κ3) is 3.44. The molecule has 0 radical (unpaired) electrons. The van der Waals surface area contributed by atoms with Gasteiger partial charge in [0.2, 0.25) is 0 Å². The third-order valence-corrected chi connectivity index (χ3v) is 7.28. The van der Waals surface area contributed by atoms with Crippen LogP contribution in [-0.4, -0.2) is 49.9 Å². The second-order valence-electron chi connectivity index (χ2n) is 7.39. The summed E-state index contributed by atoms with van der Waals surface area (Å²) in [5.41, 5.74) is 3.90. The summed E-state index contributed by atoms with van der Waals surface area (Å²) in [5.74, 6) is 1.07. The first-order valence-electron chi connectivity index (χ1n) is 10.1. The molecule has 3 heterocycles. The maximum atomic E-state index is 13.2. The topological polar surface area (TPSA) is 113 Å². The monoisotopic (exact) mass is 463 g/mol. The van der Waals surface area contributed by atoms with Gasteiger partial charge in [-0.05, 0) is 36.4 Å². The Bertz CT molecular complexity index is 1590. The highest BCUT2D eigenvalue weighted by atomic mass is 32.2. The number of nitrogens with one attached hydrogen (secondary N) is 2. The van der Waals surface area contributed by atoms with Gasteiger partial charge in [-0.25, -0.2) is 13.4 Å². The number of H-pyrrole nitrogens is 2. The smallest absolute Gasteiger partial charge is 0.265 e. The fourth-order valence-corrected chi connectivity index (χ4v) is 4.89. The molecular weight excluding hydrogens is 442 g/mol. The Labute approximate surface area is 190 Å². The summed E-state index contributed by atoms with van der Waals surface area (Å²) in [6.45, 7) is 0. The molecule has 2 aromatic carbocycles. The van der Waals surface area contributed by atoms with Crippen LogP contribution in [0.4, 0.5) is 5.82 Å². The van der Waals surface area contributed by atoms with Crippen LogP contribution in [0.15, 0.2) is 65.6 Å². The molecule has 0 atom stereocenters. The van der Waals surface area contributed by atoms with Crippen molar-refractivity contribution in [2.45, 2.75) is 4.90 Å². The van der Waals surface area contributed by atoms with E-state index in [1.807, 2.05) is 30.3 Å². The third-order valence-electron chi connectivity index (χ3n) is 5.52. The number of anilines is 1. The number of para-hydroxylation sites is 1. The number of fused-ring (bicyclic) bond motifs is 2. The van der Waals surface area contributed by atoms with Crippen LogP contribution >= 0.6 is 0 Å². The van der Waals surface area contributed by atoms with Gasteiger partial charge in [0.05, 0.1) is 41.4 Å². The van der Waals surface area contributed by atoms with E-state index in [2.05, 4.69) is 20.2 Å². The molecule has 3 aromatic heterocycles. The molecule has 0 saturated heterocycles. The molecule has 2 N–H and O–H groups in total. The first-order valence-corrected chi connectivity index (χ1v) is 11.5. The van der Waals surface area contributed by atoms with Crippen molar-refractivity contribution in [1.82, 2.24) is 20.2 Å². The normalized spacial score (nSPS) is 11.7. The maximum absolute atomic E-state index is 13.2. The van der Waals surface area contributed by atoms with Gasteiger partial charge < -0.3 is 14.5 Å². The van der Waals surface area contributed by atoms with Crippen LogP contribution in [0.3, 0.4) is 0 Å². The second-order valence-corrected chi connectivity index (χ2v) is 9.36. The first-order chi connectivity index (χ1) is 15.9. The zero-order valence-electron chi connectivity index (χ0n) is 18.2. The largest absolute Gasteiger partial charge is 0.493 e. The number of pyridine rings is 1. The van der Waals surface area contributed by atoms with Crippen LogP contribution in [0.25, 0.3) is 33.3 Å². The molecule has 5 aromatic rings. The van der Waals surface area contributed by atoms with Crippen molar-refractivity contribution in [2.24, 2.45) is 0 Å². The number of sulfonamides is 1. The van der Waals surface area contributed by atoms with E-state index in [9.17, 15) is 8.42 Å². The zero-order valence-corrected chi connectivity index (χ0v) is 19.0. The molecule has 0 aliphatic carbocycles. The molecule has 0 saturated carbocycles. The van der Waals surface area contributed by atoms with Gasteiger partial charge in [0.1, 0.15) is 11.5 Å². The van der Waals surface area contributed by atoms with Crippen LogP contribution in [0.1, 0.15) is 0 Å². The Balaban J connectivity index is 1.52. The summed E-state index contributed by atoms with van der Waals surface area (Å²) < 4.78 is 38.1. The predicted octanol–water partition coefficient (Wildman–Crippen LogP) is 3.95. The highest BCUT2D eigenvalue weighted by Gasteiger charge is 2.24. The number of aromatic nitrogens is 4. The number of ether oxygens (including phenoxy) is 2. The zero-order chi connectivity index (χ0) is 23.2. The second kappa shape index (κ2) is 7.82. The van der Waals surface area contributed by atoms with Gasteiger partial charge in [-0.3, -0.25) is 9.40 Å². The van der Waals surface area contributed by atoms with E-state index in [1.165, 1.54) is 33.4 Å². The van der Waals surface area contributed by atoms with Gasteiger partial charge in [-0.1, -0.05) is 18.2 Å². The van der Waals surface area contributed by atoms with Crippen LogP contribution in [0, 0.1) is 0 Å². The molecular formula is C23H21N5O4S. The number of benzene rings is 2. The molecule has 0 amide bonds. The lowest BCUT2D eigenvalue weighted by atomic mass is 10.2. The van der Waals surface area contributed by atoms with E-state index >= 15 is 0 Å². The number of hydrogen-bond donors (Lipinski definition) is 2. The molecule has 33 heavy (non-hydrogen) atoms. The van der Waals surface area contributed by atoms with Gasteiger partial charge in [0, 0.05) is 18.5 Å². The fraction of sp³-hybridized carbons (Fsp3) is 0.130. The minimum Gasteiger partial charge on any atom is -0.493 e. The van der Waals surface area contributed by atoms with E-state index < -0.39 is 10.0 Å². The van der Waals surface area contributed by atoms with E-state index in [1.54, 1.807) is 18.2 Å². The van der Waals surface area contributed by atoms with Crippen LogP contribution in [0.2, 0.25) is 0 Å². The van der Waals surface area contributed by atoms with Crippen molar-refractivity contribution in [1.29, 1.82) is 0 Å². The van der Waals surface area contributed by atoms with E-state index in [-0.39, 0.29) is 10.7 Å². The van der Waals surface area contributed by atoms with E-state index in [4.69, 9.17) is 9.47 Å². The number of nitrogens with zero attached hydrogens (tertiary/aromatic N) is 3. The SMILES string of the molecule is COc1ccc(S(=O)(=O)N(C)c2ccc3[nH]c(-c4n[nH]c5ccccc45)cc3n2)cc1OC. The molecule has 5 rings (SSSR count). The maximum Gasteiger partial charge on any atom is 0.265 e. The van der Waals surface area contributed by atoms with E-state index in [0.717, 1.165) is 32.1 Å². The van der Waals surface area contributed by atoms with Gasteiger partial charge in [-0.15, -0.1) is 0 Å². The molecule has 0 spiro atoms. The summed E-state index contributed by atoms with van der Waals surface area (Å²) in [6, 6.07) is 17.6. The quantitative estimate of drug-likeness (QED) is 0.394. The minimum atomic E-state index is -3.88. The lowest BCUT2D eigenvalue weighted by Gasteiger charge is -2.19. The lowest BCUT2D eigenvalue weighted by molar-refractivity contribution is 0.354. The average Bonchev–Trinajstić information content (AvgIpc) is 3.46. The van der Waals surface area contributed by atoms with Crippen molar-refractivity contribution >= 4 is 37.8 Å². The molecule has 0 aliphatic heterocycles. The standard InChI is InChI=1S/C23H21N5O4S/c1-28(33(29,30)14-8-10-20(31-2)21(12-14)32-3)22-11-9-17-18(25-22)13-19(24-17)23-15-6-4-5-7-16(15)26-27-23/h4-13,24H,1-3H3,(H,26,27). The van der Waals surface area contributed by atoms with Crippen molar-refractivity contribution in [3.63, 3.8) is 0 Å². The summed E-state index contributed by atoms with van der Waals surface area (Å²) in [5, 5.41) is 8.42. The number of hydrogen-bond acceptors (Lipinski definition) is 6. The van der Waals surface area contributed by atoms with Gasteiger partial charge in [-0.2, -0.15) is 5.10 Å². The van der Waals surface area contributed by atoms with Crippen molar-refractivity contribution in [2.75, 3.05) is 25.6 Å². The Hall–Kier alpha value is -4.05. The van der Waals surface area contributed by atoms with Gasteiger partial charge in [0.15, 0.2) is 11.5 Å². The van der Waals surface area contributed by atoms with Crippen LogP contribution in [0.5, 0.6) is 11.5 Å². The molecule has 0 aliphatic rings. The van der Waals surface area contributed by atoms with Crippen molar-refractivity contribution in [3.8, 4) is 22.9 Å². The average molecular weight is 464 g/mol. The highest BCUT2D eigenvalue weighted by molar-refractivity contribution is 7.92. The van der Waals surface area contributed by atoms with Crippen LogP contribution < -0.4 is 13.8 Å². The molecule has 0 fully saturated rings. The summed E-state index contributed by atoms with van der Waals surface area (Å²) in [6.07, 6.45) is 0. The minimum absolute atomic E-state index is 0.0716. The molecule has 168 valence electrons. The van der Waals surface area contributed by atoms with E-state index in [0.29, 0.717) is 17.0 Å².